The summed E-state index contributed by atoms with van der Waals surface area (Å²) in [6.45, 7) is 5.59. The molecule has 4 unspecified atom stereocenters. The molecular formula is C13H23NOS2. The molecular weight excluding hydrogens is 250 g/mol. The predicted molar refractivity (Wildman–Crippen MR) is 78.9 cm³/mol. The van der Waals surface area contributed by atoms with Crippen LogP contribution in [0.15, 0.2) is 11.8 Å². The lowest BCUT2D eigenvalue weighted by molar-refractivity contribution is 0.220. The fourth-order valence-corrected chi connectivity index (χ4v) is 5.58. The van der Waals surface area contributed by atoms with E-state index >= 15 is 0 Å². The Morgan fingerprint density at radius 2 is 2.24 bits per heavy atom. The van der Waals surface area contributed by atoms with Crippen molar-refractivity contribution in [3.8, 4) is 0 Å². The largest absolute Gasteiger partial charge is 0.501 e. The molecule has 0 radical (unpaired) electrons. The van der Waals surface area contributed by atoms with Crippen LogP contribution in [0.3, 0.4) is 0 Å². The minimum Gasteiger partial charge on any atom is -0.501 e. The summed E-state index contributed by atoms with van der Waals surface area (Å²) < 4.78 is 5.49. The highest BCUT2D eigenvalue weighted by Crippen LogP contribution is 2.39. The van der Waals surface area contributed by atoms with Crippen molar-refractivity contribution in [2.24, 2.45) is 0 Å². The van der Waals surface area contributed by atoms with Crippen LogP contribution in [0.25, 0.3) is 0 Å². The maximum absolute atomic E-state index is 5.49. The van der Waals surface area contributed by atoms with Crippen molar-refractivity contribution < 1.29 is 4.74 Å². The van der Waals surface area contributed by atoms with Gasteiger partial charge in [-0.1, -0.05) is 13.8 Å². The van der Waals surface area contributed by atoms with E-state index in [2.05, 4.69) is 49.7 Å². The van der Waals surface area contributed by atoms with Crippen molar-refractivity contribution in [1.29, 1.82) is 0 Å². The first-order chi connectivity index (χ1) is 8.22. The number of nitrogens with one attached hydrogen (secondary N) is 1. The highest BCUT2D eigenvalue weighted by molar-refractivity contribution is 8.07. The van der Waals surface area contributed by atoms with Crippen LogP contribution in [0.1, 0.15) is 26.7 Å². The van der Waals surface area contributed by atoms with Crippen molar-refractivity contribution in [3.63, 3.8) is 0 Å². The summed E-state index contributed by atoms with van der Waals surface area (Å²) >= 11 is 4.25. The third kappa shape index (κ3) is 3.36. The van der Waals surface area contributed by atoms with Crippen molar-refractivity contribution in [1.82, 2.24) is 5.32 Å². The van der Waals surface area contributed by atoms with Crippen molar-refractivity contribution in [3.05, 3.63) is 11.8 Å². The Balaban J connectivity index is 2.00. The van der Waals surface area contributed by atoms with Crippen LogP contribution in [-0.2, 0) is 4.74 Å². The Morgan fingerprint density at radius 3 is 2.82 bits per heavy atom. The van der Waals surface area contributed by atoms with Gasteiger partial charge in [-0.05, 0) is 25.5 Å². The molecule has 4 atom stereocenters. The lowest BCUT2D eigenvalue weighted by Gasteiger charge is -2.37. The molecule has 2 aliphatic rings. The molecule has 2 nitrogen and oxygen atoms in total. The molecule has 17 heavy (non-hydrogen) atoms. The molecule has 2 rings (SSSR count). The van der Waals surface area contributed by atoms with Gasteiger partial charge in [-0.15, -0.1) is 0 Å². The van der Waals surface area contributed by atoms with Crippen LogP contribution >= 0.6 is 23.5 Å². The molecule has 1 saturated heterocycles. The average molecular weight is 273 g/mol. The Morgan fingerprint density at radius 1 is 1.41 bits per heavy atom. The van der Waals surface area contributed by atoms with E-state index in [1.54, 1.807) is 0 Å². The molecule has 0 amide bonds. The Labute approximate surface area is 113 Å². The molecule has 98 valence electrons. The van der Waals surface area contributed by atoms with E-state index in [0.717, 1.165) is 17.1 Å². The fourth-order valence-electron chi connectivity index (χ4n) is 2.41. The number of ether oxygens (including phenoxy) is 1. The molecule has 0 saturated carbocycles. The summed E-state index contributed by atoms with van der Waals surface area (Å²) in [5, 5.41) is 5.71. The molecule has 1 N–H and O–H groups in total. The first kappa shape index (κ1) is 13.6. The van der Waals surface area contributed by atoms with Crippen molar-refractivity contribution >= 4 is 23.5 Å². The molecule has 2 heterocycles. The number of thioether (sulfide) groups is 2. The predicted octanol–water partition coefficient (Wildman–Crippen LogP) is 2.89. The fraction of sp³-hybridized carbons (Fsp3) is 0.846. The molecule has 0 aliphatic carbocycles. The van der Waals surface area contributed by atoms with E-state index in [9.17, 15) is 0 Å². The maximum atomic E-state index is 5.49. The van der Waals surface area contributed by atoms with E-state index in [1.165, 1.54) is 24.2 Å². The summed E-state index contributed by atoms with van der Waals surface area (Å²) in [6, 6.07) is 0.489. The average Bonchev–Trinajstić information content (AvgIpc) is 2.36. The van der Waals surface area contributed by atoms with Crippen molar-refractivity contribution in [2.75, 3.05) is 19.4 Å². The molecule has 4 heteroatoms. The van der Waals surface area contributed by atoms with Gasteiger partial charge in [0.15, 0.2) is 0 Å². The molecule has 0 bridgehead atoms. The Kier molecular flexibility index (Phi) is 5.12. The third-order valence-electron chi connectivity index (χ3n) is 3.62. The molecule has 2 aliphatic heterocycles. The second-order valence-corrected chi connectivity index (χ2v) is 7.88. The lowest BCUT2D eigenvalue weighted by atomic mass is 10.00. The lowest BCUT2D eigenvalue weighted by Crippen LogP contribution is -2.43. The van der Waals surface area contributed by atoms with E-state index in [1.807, 2.05) is 6.26 Å². The highest BCUT2D eigenvalue weighted by atomic mass is 32.2. The first-order valence-corrected chi connectivity index (χ1v) is 8.46. The normalized spacial score (nSPS) is 35.9. The van der Waals surface area contributed by atoms with Crippen molar-refractivity contribution in [2.45, 2.75) is 48.5 Å². The third-order valence-corrected chi connectivity index (χ3v) is 7.11. The van der Waals surface area contributed by atoms with Gasteiger partial charge in [0.25, 0.3) is 0 Å². The topological polar surface area (TPSA) is 21.3 Å². The van der Waals surface area contributed by atoms with Gasteiger partial charge in [0.1, 0.15) is 0 Å². The number of hydrogen-bond acceptors (Lipinski definition) is 4. The summed E-state index contributed by atoms with van der Waals surface area (Å²) in [4.78, 5) is 0. The highest BCUT2D eigenvalue weighted by Gasteiger charge is 2.32. The van der Waals surface area contributed by atoms with Gasteiger partial charge < -0.3 is 10.1 Å². The minimum atomic E-state index is 0.489. The summed E-state index contributed by atoms with van der Waals surface area (Å²) in [6.07, 6.45) is 4.36. The van der Waals surface area contributed by atoms with E-state index < -0.39 is 0 Å². The van der Waals surface area contributed by atoms with Gasteiger partial charge >= 0.3 is 0 Å². The molecule has 0 aromatic heterocycles. The zero-order chi connectivity index (χ0) is 12.3. The summed E-state index contributed by atoms with van der Waals surface area (Å²) in [7, 11) is 2.08. The zero-order valence-corrected chi connectivity index (χ0v) is 12.6. The molecule has 1 fully saturated rings. The quantitative estimate of drug-likeness (QED) is 0.853. The van der Waals surface area contributed by atoms with Crippen LogP contribution < -0.4 is 5.32 Å². The van der Waals surface area contributed by atoms with Gasteiger partial charge in [-0.3, -0.25) is 0 Å². The number of rotatable bonds is 3. The van der Waals surface area contributed by atoms with E-state index in [4.69, 9.17) is 4.74 Å². The van der Waals surface area contributed by atoms with Gasteiger partial charge in [0.05, 0.1) is 12.9 Å². The zero-order valence-electron chi connectivity index (χ0n) is 10.9. The number of hydrogen-bond donors (Lipinski definition) is 1. The minimum absolute atomic E-state index is 0.489. The summed E-state index contributed by atoms with van der Waals surface area (Å²) in [5.41, 5.74) is 1.46. The second kappa shape index (κ2) is 6.39. The maximum Gasteiger partial charge on any atom is 0.0876 e. The molecule has 0 spiro atoms. The van der Waals surface area contributed by atoms with Crippen LogP contribution in [-0.4, -0.2) is 41.2 Å². The smallest absolute Gasteiger partial charge is 0.0876 e. The van der Waals surface area contributed by atoms with Gasteiger partial charge in [0.2, 0.25) is 0 Å². The van der Waals surface area contributed by atoms with Gasteiger partial charge in [-0.2, -0.15) is 23.5 Å². The van der Waals surface area contributed by atoms with E-state index in [-0.39, 0.29) is 0 Å². The number of likely N-dealkylation sites (N-methyl/N-ethyl adjacent to an activating group) is 1. The Bertz CT molecular complexity index is 283. The second-order valence-electron chi connectivity index (χ2n) is 4.85. The Hall–Kier alpha value is 0.200. The SMILES string of the molecule is CNC(C1=COCCC1)C1CSC(C)C(C)S1. The first-order valence-electron chi connectivity index (χ1n) is 6.47. The van der Waals surface area contributed by atoms with Gasteiger partial charge in [0, 0.05) is 27.5 Å². The van der Waals surface area contributed by atoms with E-state index in [0.29, 0.717) is 11.3 Å². The summed E-state index contributed by atoms with van der Waals surface area (Å²) in [5.74, 6) is 1.25. The van der Waals surface area contributed by atoms with Crippen LogP contribution in [0.4, 0.5) is 0 Å². The molecule has 0 aromatic rings. The molecule has 0 aromatic carbocycles. The van der Waals surface area contributed by atoms with Crippen LogP contribution in [0.2, 0.25) is 0 Å². The van der Waals surface area contributed by atoms with Gasteiger partial charge in [-0.25, -0.2) is 0 Å². The monoisotopic (exact) mass is 273 g/mol. The van der Waals surface area contributed by atoms with Crippen LogP contribution in [0.5, 0.6) is 0 Å². The standard InChI is InChI=1S/C13H23NOS2/c1-9-10(2)17-12(8-16-9)13(14-3)11-5-4-6-15-7-11/h7,9-10,12-14H,4-6,8H2,1-3H3. The van der Waals surface area contributed by atoms with Crippen LogP contribution in [0, 0.1) is 0 Å².